The lowest BCUT2D eigenvalue weighted by molar-refractivity contribution is -0.115. The number of aromatic amines is 1. The fourth-order valence-corrected chi connectivity index (χ4v) is 4.58. The van der Waals surface area contributed by atoms with Gasteiger partial charge in [-0.15, -0.1) is 22.7 Å². The number of nitrogens with zero attached hydrogens (tertiary/aromatic N) is 2. The molecule has 4 aromatic rings. The van der Waals surface area contributed by atoms with Crippen molar-refractivity contribution in [1.29, 1.82) is 0 Å². The predicted octanol–water partition coefficient (Wildman–Crippen LogP) is 4.87. The molecule has 0 aliphatic rings. The van der Waals surface area contributed by atoms with Gasteiger partial charge in [0.25, 0.3) is 0 Å². The molecule has 1 atom stereocenters. The van der Waals surface area contributed by atoms with Gasteiger partial charge in [-0.05, 0) is 30.5 Å². The summed E-state index contributed by atoms with van der Waals surface area (Å²) in [7, 11) is 0. The minimum atomic E-state index is -0.283. The summed E-state index contributed by atoms with van der Waals surface area (Å²) >= 11 is 4.47. The van der Waals surface area contributed by atoms with Crippen LogP contribution in [0.15, 0.2) is 52.3 Å². The number of anilines is 1. The van der Waals surface area contributed by atoms with Gasteiger partial charge in [-0.1, -0.05) is 30.0 Å². The van der Waals surface area contributed by atoms with Crippen LogP contribution in [-0.2, 0) is 4.79 Å². The average Bonchev–Trinajstić information content (AvgIpc) is 3.34. The van der Waals surface area contributed by atoms with Crippen LogP contribution in [0.4, 0.5) is 5.13 Å². The number of imidazole rings is 1. The van der Waals surface area contributed by atoms with E-state index in [1.807, 2.05) is 54.1 Å². The van der Waals surface area contributed by atoms with Crippen LogP contribution in [0.5, 0.6) is 0 Å². The van der Waals surface area contributed by atoms with Gasteiger partial charge < -0.3 is 10.3 Å². The standard InChI is InChI=1S/C17H14N4OS3/c1-10(25-17-18-11-5-2-3-6-12(11)19-17)15(22)21-16-20-13(9-24-16)14-7-4-8-23-14/h2-10H,1H3,(H,18,19)(H,20,21,22). The number of carbonyl (C=O) groups excluding carboxylic acids is 1. The number of para-hydroxylation sites is 2. The van der Waals surface area contributed by atoms with Crippen LogP contribution in [0.3, 0.4) is 0 Å². The van der Waals surface area contributed by atoms with Crippen molar-refractivity contribution >= 4 is 56.5 Å². The van der Waals surface area contributed by atoms with Gasteiger partial charge in [-0.3, -0.25) is 4.79 Å². The zero-order valence-electron chi connectivity index (χ0n) is 13.2. The molecule has 5 nitrogen and oxygen atoms in total. The average molecular weight is 387 g/mol. The van der Waals surface area contributed by atoms with Crippen molar-refractivity contribution in [2.75, 3.05) is 5.32 Å². The number of benzene rings is 1. The number of H-pyrrole nitrogens is 1. The van der Waals surface area contributed by atoms with E-state index in [1.165, 1.54) is 23.1 Å². The number of hydrogen-bond acceptors (Lipinski definition) is 6. The monoisotopic (exact) mass is 386 g/mol. The van der Waals surface area contributed by atoms with Crippen molar-refractivity contribution in [3.63, 3.8) is 0 Å². The zero-order chi connectivity index (χ0) is 17.2. The van der Waals surface area contributed by atoms with E-state index < -0.39 is 0 Å². The van der Waals surface area contributed by atoms with E-state index in [0.29, 0.717) is 5.13 Å². The van der Waals surface area contributed by atoms with Crippen LogP contribution in [0.2, 0.25) is 0 Å². The van der Waals surface area contributed by atoms with E-state index in [-0.39, 0.29) is 11.2 Å². The second-order valence-electron chi connectivity index (χ2n) is 5.32. The number of thiophene rings is 1. The first kappa shape index (κ1) is 16.3. The molecule has 0 aliphatic heterocycles. The number of carbonyl (C=O) groups is 1. The summed E-state index contributed by atoms with van der Waals surface area (Å²) in [4.78, 5) is 25.7. The minimum Gasteiger partial charge on any atom is -0.333 e. The molecule has 0 fully saturated rings. The summed E-state index contributed by atoms with van der Waals surface area (Å²) in [5, 5.41) is 7.93. The number of thiazole rings is 1. The highest BCUT2D eigenvalue weighted by atomic mass is 32.2. The van der Waals surface area contributed by atoms with Crippen molar-refractivity contribution < 1.29 is 4.79 Å². The molecule has 8 heteroatoms. The molecule has 0 saturated carbocycles. The smallest absolute Gasteiger partial charge is 0.239 e. The van der Waals surface area contributed by atoms with Crippen molar-refractivity contribution in [2.24, 2.45) is 0 Å². The minimum absolute atomic E-state index is 0.0856. The van der Waals surface area contributed by atoms with E-state index >= 15 is 0 Å². The number of rotatable bonds is 5. The summed E-state index contributed by atoms with van der Waals surface area (Å²) in [5.41, 5.74) is 2.77. The van der Waals surface area contributed by atoms with Gasteiger partial charge in [0.1, 0.15) is 0 Å². The SMILES string of the molecule is CC(Sc1nc2ccccc2[nH]1)C(=O)Nc1nc(-c2cccs2)cs1. The van der Waals surface area contributed by atoms with Gasteiger partial charge in [0.15, 0.2) is 10.3 Å². The van der Waals surface area contributed by atoms with Gasteiger partial charge in [0.2, 0.25) is 5.91 Å². The number of hydrogen-bond donors (Lipinski definition) is 2. The maximum Gasteiger partial charge on any atom is 0.239 e. The summed E-state index contributed by atoms with van der Waals surface area (Å²) in [6.07, 6.45) is 0. The number of aromatic nitrogens is 3. The van der Waals surface area contributed by atoms with Crippen LogP contribution < -0.4 is 5.32 Å². The van der Waals surface area contributed by atoms with Gasteiger partial charge in [-0.2, -0.15) is 0 Å². The molecule has 2 N–H and O–H groups in total. The summed E-state index contributed by atoms with van der Waals surface area (Å²) in [5.74, 6) is -0.0856. The van der Waals surface area contributed by atoms with Gasteiger partial charge in [0.05, 0.1) is 26.9 Å². The number of nitrogens with one attached hydrogen (secondary N) is 2. The first-order valence-corrected chi connectivity index (χ1v) is 10.2. The third kappa shape index (κ3) is 3.60. The molecule has 0 spiro atoms. The number of amides is 1. The molecule has 3 aromatic heterocycles. The van der Waals surface area contributed by atoms with Crippen molar-refractivity contribution in [3.8, 4) is 10.6 Å². The summed E-state index contributed by atoms with van der Waals surface area (Å²) in [6.45, 7) is 1.86. The van der Waals surface area contributed by atoms with E-state index in [4.69, 9.17) is 0 Å². The fraction of sp³-hybridized carbons (Fsp3) is 0.118. The lowest BCUT2D eigenvalue weighted by atomic mass is 10.3. The van der Waals surface area contributed by atoms with Gasteiger partial charge in [-0.25, -0.2) is 9.97 Å². The third-order valence-electron chi connectivity index (χ3n) is 3.53. The molecule has 4 rings (SSSR count). The maximum atomic E-state index is 12.4. The topological polar surface area (TPSA) is 70.7 Å². The Morgan fingerprint density at radius 2 is 2.08 bits per heavy atom. The normalized spacial score (nSPS) is 12.4. The van der Waals surface area contributed by atoms with Crippen LogP contribution in [0.1, 0.15) is 6.92 Å². The second-order valence-corrected chi connectivity index (χ2v) is 8.46. The Bertz CT molecular complexity index is 973. The lowest BCUT2D eigenvalue weighted by Gasteiger charge is -2.08. The summed E-state index contributed by atoms with van der Waals surface area (Å²) < 4.78 is 0. The van der Waals surface area contributed by atoms with Crippen molar-refractivity contribution in [1.82, 2.24) is 15.0 Å². The van der Waals surface area contributed by atoms with E-state index in [9.17, 15) is 4.79 Å². The molecule has 0 radical (unpaired) electrons. The Morgan fingerprint density at radius 1 is 1.20 bits per heavy atom. The van der Waals surface area contributed by atoms with Crippen LogP contribution in [0, 0.1) is 0 Å². The van der Waals surface area contributed by atoms with Crippen molar-refractivity contribution in [3.05, 3.63) is 47.2 Å². The highest BCUT2D eigenvalue weighted by Gasteiger charge is 2.18. The van der Waals surface area contributed by atoms with Crippen LogP contribution in [-0.4, -0.2) is 26.1 Å². The molecular weight excluding hydrogens is 372 g/mol. The second kappa shape index (κ2) is 6.99. The molecule has 3 heterocycles. The Hall–Kier alpha value is -2.16. The van der Waals surface area contributed by atoms with Gasteiger partial charge in [0, 0.05) is 5.38 Å². The zero-order valence-corrected chi connectivity index (χ0v) is 15.7. The maximum absolute atomic E-state index is 12.4. The Balaban J connectivity index is 1.42. The molecule has 1 aromatic carbocycles. The predicted molar refractivity (Wildman–Crippen MR) is 105 cm³/mol. The molecule has 1 unspecified atom stereocenters. The first-order chi connectivity index (χ1) is 12.2. The van der Waals surface area contributed by atoms with Crippen molar-refractivity contribution in [2.45, 2.75) is 17.3 Å². The first-order valence-electron chi connectivity index (χ1n) is 7.61. The highest BCUT2D eigenvalue weighted by Crippen LogP contribution is 2.29. The van der Waals surface area contributed by atoms with E-state index in [1.54, 1.807) is 11.3 Å². The van der Waals surface area contributed by atoms with Crippen LogP contribution in [0.25, 0.3) is 21.6 Å². The van der Waals surface area contributed by atoms with E-state index in [2.05, 4.69) is 20.3 Å². The Labute approximate surface area is 156 Å². The largest absolute Gasteiger partial charge is 0.333 e. The Kier molecular flexibility index (Phi) is 4.56. The number of fused-ring (bicyclic) bond motifs is 1. The third-order valence-corrected chi connectivity index (χ3v) is 6.17. The molecule has 0 saturated heterocycles. The van der Waals surface area contributed by atoms with Gasteiger partial charge >= 0.3 is 0 Å². The molecule has 0 aliphatic carbocycles. The quantitative estimate of drug-likeness (QED) is 0.480. The number of thioether (sulfide) groups is 1. The van der Waals surface area contributed by atoms with E-state index in [0.717, 1.165) is 26.8 Å². The summed E-state index contributed by atoms with van der Waals surface area (Å²) in [6, 6.07) is 11.8. The van der Waals surface area contributed by atoms with Crippen LogP contribution >= 0.6 is 34.4 Å². The highest BCUT2D eigenvalue weighted by molar-refractivity contribution is 8.00. The fourth-order valence-electron chi connectivity index (χ4n) is 2.28. The molecule has 126 valence electrons. The molecular formula is C17H14N4OS3. The Morgan fingerprint density at radius 3 is 2.88 bits per heavy atom. The molecule has 25 heavy (non-hydrogen) atoms. The molecule has 0 bridgehead atoms. The molecule has 1 amide bonds. The lowest BCUT2D eigenvalue weighted by Crippen LogP contribution is -2.22.